The minimum absolute atomic E-state index is 0.126. The van der Waals surface area contributed by atoms with Crippen LogP contribution < -0.4 is 20.7 Å². The zero-order valence-corrected chi connectivity index (χ0v) is 20.4. The van der Waals surface area contributed by atoms with Gasteiger partial charge in [-0.05, 0) is 63.9 Å². The topological polar surface area (TPSA) is 131 Å². The van der Waals surface area contributed by atoms with E-state index in [0.29, 0.717) is 41.5 Å². The minimum atomic E-state index is -0.670. The molecule has 1 aromatic carbocycles. The smallest absolute Gasteiger partial charge is 0.355 e. The van der Waals surface area contributed by atoms with E-state index in [1.807, 2.05) is 31.2 Å². The first kappa shape index (κ1) is 24.8. The number of carbonyl (C=O) groups is 2. The second kappa shape index (κ2) is 10.4. The Morgan fingerprint density at radius 3 is 2.35 bits per heavy atom. The molecular formula is C24H31N6O4. The largest absolute Gasteiger partial charge is 0.497 e. The highest BCUT2D eigenvalue weighted by molar-refractivity contribution is 6.06. The van der Waals surface area contributed by atoms with E-state index in [1.54, 1.807) is 34.8 Å². The Morgan fingerprint density at radius 2 is 1.79 bits per heavy atom. The van der Waals surface area contributed by atoms with Crippen molar-refractivity contribution in [2.24, 2.45) is 10.2 Å². The average Bonchev–Trinajstić information content (AvgIpc) is 3.38. The number of ether oxygens (including phenoxy) is 2. The number of nitrogens with zero attached hydrogens (tertiary/aromatic N) is 3. The van der Waals surface area contributed by atoms with E-state index in [9.17, 15) is 9.59 Å². The summed E-state index contributed by atoms with van der Waals surface area (Å²) in [6.07, 6.45) is 0.462. The molecule has 0 fully saturated rings. The number of aromatic nitrogens is 1. The van der Waals surface area contributed by atoms with Gasteiger partial charge in [-0.3, -0.25) is 4.79 Å². The van der Waals surface area contributed by atoms with Gasteiger partial charge in [0, 0.05) is 11.4 Å². The lowest BCUT2D eigenvalue weighted by Crippen LogP contribution is -2.34. The van der Waals surface area contributed by atoms with Gasteiger partial charge in [-0.25, -0.2) is 10.1 Å². The molecule has 0 unspecified atom stereocenters. The predicted octanol–water partition coefficient (Wildman–Crippen LogP) is 3.23. The van der Waals surface area contributed by atoms with E-state index in [1.165, 1.54) is 0 Å². The Labute approximate surface area is 199 Å². The van der Waals surface area contributed by atoms with Crippen molar-refractivity contribution in [3.8, 4) is 5.75 Å². The summed E-state index contributed by atoms with van der Waals surface area (Å²) in [5.74, 6) is 0.858. The summed E-state index contributed by atoms with van der Waals surface area (Å²) in [7, 11) is 1.61. The highest BCUT2D eigenvalue weighted by Crippen LogP contribution is 2.24. The van der Waals surface area contributed by atoms with E-state index in [2.05, 4.69) is 31.1 Å². The zero-order valence-electron chi connectivity index (χ0n) is 20.4. The number of benzene rings is 1. The number of amidine groups is 2. The first-order valence-electron chi connectivity index (χ1n) is 11.1. The second-order valence-electron chi connectivity index (χ2n) is 8.73. The van der Waals surface area contributed by atoms with Crippen molar-refractivity contribution in [2.45, 2.75) is 53.2 Å². The molecular weight excluding hydrogens is 436 g/mol. The van der Waals surface area contributed by atoms with Crippen molar-refractivity contribution >= 4 is 29.2 Å². The maximum absolute atomic E-state index is 13.2. The van der Waals surface area contributed by atoms with Crippen molar-refractivity contribution in [3.63, 3.8) is 0 Å². The minimum Gasteiger partial charge on any atom is -0.497 e. The Balaban J connectivity index is 1.87. The van der Waals surface area contributed by atoms with Crippen molar-refractivity contribution in [2.75, 3.05) is 19.0 Å². The summed E-state index contributed by atoms with van der Waals surface area (Å²) in [5.41, 5.74) is 2.01. The fraction of sp³-hybridized carbons (Fsp3) is 0.417. The monoisotopic (exact) mass is 467 g/mol. The fourth-order valence-corrected chi connectivity index (χ4v) is 3.44. The van der Waals surface area contributed by atoms with Gasteiger partial charge in [0.05, 0.1) is 25.8 Å². The number of rotatable bonds is 9. The van der Waals surface area contributed by atoms with Gasteiger partial charge in [0.25, 0.3) is 5.91 Å². The van der Waals surface area contributed by atoms with Crippen LogP contribution in [0, 0.1) is 0 Å². The second-order valence-corrected chi connectivity index (χ2v) is 8.73. The Morgan fingerprint density at radius 1 is 1.09 bits per heavy atom. The molecule has 0 aliphatic carbocycles. The third-order valence-electron chi connectivity index (χ3n) is 4.93. The van der Waals surface area contributed by atoms with Crippen LogP contribution in [0.4, 0.5) is 5.69 Å². The summed E-state index contributed by atoms with van der Waals surface area (Å²) in [4.78, 5) is 29.3. The summed E-state index contributed by atoms with van der Waals surface area (Å²) >= 11 is 0. The number of nitrogens with one attached hydrogen (secondary N) is 3. The van der Waals surface area contributed by atoms with Gasteiger partial charge in [-0.2, -0.15) is 0 Å². The van der Waals surface area contributed by atoms with Crippen LogP contribution >= 0.6 is 0 Å². The number of H-pyrrole nitrogens is 1. The molecule has 10 heteroatoms. The number of esters is 1. The Bertz CT molecular complexity index is 1110. The van der Waals surface area contributed by atoms with Crippen LogP contribution in [-0.2, 0) is 17.7 Å². The standard InChI is InChI=1S/C24H31N6O4/c1-7-17-20(22(31)26-13-19-27-14(2)29-30-19)18(28-21(17)23(32)34-24(3,4)5)12-25-15-8-10-16(33-6)11-9-15/h8-11,25,28H,7,12-13H2,1-6H3,(H,26,31). The Hall–Kier alpha value is -3.82. The van der Waals surface area contributed by atoms with E-state index in [0.717, 1.165) is 11.4 Å². The van der Waals surface area contributed by atoms with Crippen LogP contribution in [0.5, 0.6) is 5.75 Å². The molecule has 34 heavy (non-hydrogen) atoms. The predicted molar refractivity (Wildman–Crippen MR) is 131 cm³/mol. The molecule has 3 N–H and O–H groups in total. The number of carbonyl (C=O) groups excluding carboxylic acids is 2. The summed E-state index contributed by atoms with van der Waals surface area (Å²) in [6.45, 7) is 9.44. The van der Waals surface area contributed by atoms with E-state index in [4.69, 9.17) is 9.47 Å². The normalized spacial score (nSPS) is 13.0. The highest BCUT2D eigenvalue weighted by Gasteiger charge is 2.28. The van der Waals surface area contributed by atoms with Gasteiger partial charge in [-0.15, -0.1) is 10.2 Å². The van der Waals surface area contributed by atoms with Crippen molar-refractivity contribution in [3.05, 3.63) is 46.8 Å². The van der Waals surface area contributed by atoms with E-state index < -0.39 is 11.6 Å². The zero-order chi connectivity index (χ0) is 24.9. The number of methoxy groups -OCH3 is 1. The van der Waals surface area contributed by atoms with Gasteiger partial charge in [-0.1, -0.05) is 6.92 Å². The van der Waals surface area contributed by atoms with Gasteiger partial charge in [0.2, 0.25) is 0 Å². The molecule has 10 nitrogen and oxygen atoms in total. The highest BCUT2D eigenvalue weighted by atomic mass is 16.6. The van der Waals surface area contributed by atoms with Crippen LogP contribution in [0.3, 0.4) is 0 Å². The van der Waals surface area contributed by atoms with Gasteiger partial charge < -0.3 is 25.1 Å². The first-order valence-corrected chi connectivity index (χ1v) is 11.1. The third-order valence-corrected chi connectivity index (χ3v) is 4.93. The van der Waals surface area contributed by atoms with Crippen LogP contribution in [0.15, 0.2) is 34.5 Å². The summed E-state index contributed by atoms with van der Waals surface area (Å²) in [6, 6.07) is 7.42. The third kappa shape index (κ3) is 6.15. The molecule has 1 aliphatic rings. The first-order chi connectivity index (χ1) is 16.1. The molecule has 0 saturated carbocycles. The van der Waals surface area contributed by atoms with Crippen LogP contribution in [0.1, 0.15) is 66.7 Å². The van der Waals surface area contributed by atoms with Crippen molar-refractivity contribution in [1.82, 2.24) is 15.6 Å². The number of amides is 1. The summed E-state index contributed by atoms with van der Waals surface area (Å²) in [5, 5.41) is 18.1. The fourth-order valence-electron chi connectivity index (χ4n) is 3.44. The number of hydrogen-bond acceptors (Lipinski definition) is 7. The van der Waals surface area contributed by atoms with Crippen molar-refractivity contribution < 1.29 is 19.1 Å². The molecule has 2 heterocycles. The van der Waals surface area contributed by atoms with E-state index >= 15 is 0 Å². The maximum atomic E-state index is 13.2. The molecule has 0 saturated heterocycles. The maximum Gasteiger partial charge on any atom is 0.355 e. The molecule has 1 aliphatic heterocycles. The lowest BCUT2D eigenvalue weighted by Gasteiger charge is -2.19. The number of anilines is 1. The lowest BCUT2D eigenvalue weighted by molar-refractivity contribution is 0.00622. The lowest BCUT2D eigenvalue weighted by atomic mass is 10.0. The summed E-state index contributed by atoms with van der Waals surface area (Å²) < 4.78 is 10.8. The molecule has 1 aromatic heterocycles. The molecule has 1 radical (unpaired) electrons. The number of aromatic amines is 1. The molecule has 1 amide bonds. The SMILES string of the molecule is CCc1c(C(=O)OC(C)(C)C)[nH]c(CNc2ccc(OC)cc2)c1C(=O)NCC1=NN=C(C)[N]1. The molecule has 2 aromatic rings. The van der Waals surface area contributed by atoms with E-state index in [-0.39, 0.29) is 18.1 Å². The van der Waals surface area contributed by atoms with Crippen LogP contribution in [-0.4, -0.2) is 47.8 Å². The molecule has 3 rings (SSSR count). The van der Waals surface area contributed by atoms with Crippen molar-refractivity contribution in [1.29, 1.82) is 0 Å². The van der Waals surface area contributed by atoms with Gasteiger partial charge >= 0.3 is 5.97 Å². The van der Waals surface area contributed by atoms with Gasteiger partial charge in [0.1, 0.15) is 22.9 Å². The number of hydrogen-bond donors (Lipinski definition) is 3. The van der Waals surface area contributed by atoms with Crippen LogP contribution in [0.25, 0.3) is 0 Å². The van der Waals surface area contributed by atoms with Crippen LogP contribution in [0.2, 0.25) is 0 Å². The quantitative estimate of drug-likeness (QED) is 0.487. The Kier molecular flexibility index (Phi) is 7.60. The van der Waals surface area contributed by atoms with Gasteiger partial charge in [0.15, 0.2) is 5.84 Å². The molecule has 0 spiro atoms. The average molecular weight is 468 g/mol. The molecule has 0 bridgehead atoms. The molecule has 181 valence electrons. The molecule has 0 atom stereocenters.